The summed E-state index contributed by atoms with van der Waals surface area (Å²) in [6, 6.07) is 5.94. The maximum atomic E-state index is 11.8. The van der Waals surface area contributed by atoms with Crippen LogP contribution in [0.25, 0.3) is 0 Å². The number of methoxy groups -OCH3 is 1. The summed E-state index contributed by atoms with van der Waals surface area (Å²) in [7, 11) is 2.99. The fourth-order valence-corrected chi connectivity index (χ4v) is 2.03. The van der Waals surface area contributed by atoms with E-state index in [1.165, 1.54) is 19.2 Å². The highest BCUT2D eigenvalue weighted by atomic mass is 16.6. The third-order valence-electron chi connectivity index (χ3n) is 3.25. The molecule has 0 saturated heterocycles. The first-order chi connectivity index (χ1) is 9.82. The van der Waals surface area contributed by atoms with Crippen molar-refractivity contribution < 1.29 is 19.2 Å². The molecule has 0 fully saturated rings. The summed E-state index contributed by atoms with van der Waals surface area (Å²) in [5.74, 6) is -0.000453. The van der Waals surface area contributed by atoms with Crippen LogP contribution in [0.1, 0.15) is 20.3 Å². The highest BCUT2D eigenvalue weighted by Gasteiger charge is 2.34. The molecular formula is C14H20N2O5. The highest BCUT2D eigenvalue weighted by Crippen LogP contribution is 2.23. The van der Waals surface area contributed by atoms with E-state index in [1.54, 1.807) is 33.0 Å². The van der Waals surface area contributed by atoms with Gasteiger partial charge in [-0.2, -0.15) is 0 Å². The van der Waals surface area contributed by atoms with Gasteiger partial charge in [-0.25, -0.2) is 0 Å². The van der Waals surface area contributed by atoms with Crippen molar-refractivity contribution in [2.45, 2.75) is 31.9 Å². The lowest BCUT2D eigenvalue weighted by atomic mass is 9.95. The second-order valence-corrected chi connectivity index (χ2v) is 4.96. The minimum Gasteiger partial charge on any atom is -0.490 e. The minimum atomic E-state index is -0.880. The number of hydrogen-bond acceptors (Lipinski definition) is 6. The molecular weight excluding hydrogens is 276 g/mol. The van der Waals surface area contributed by atoms with Gasteiger partial charge in [0.25, 0.3) is 5.69 Å². The number of carbonyl (C=O) groups is 1. The second kappa shape index (κ2) is 7.03. The van der Waals surface area contributed by atoms with Crippen molar-refractivity contribution in [2.75, 3.05) is 14.2 Å². The Hall–Kier alpha value is -2.15. The van der Waals surface area contributed by atoms with E-state index in [0.29, 0.717) is 12.2 Å². The molecule has 7 nitrogen and oxygen atoms in total. The van der Waals surface area contributed by atoms with Crippen molar-refractivity contribution >= 4 is 11.7 Å². The van der Waals surface area contributed by atoms with E-state index in [2.05, 4.69) is 5.32 Å². The van der Waals surface area contributed by atoms with Crippen molar-refractivity contribution in [1.82, 2.24) is 5.32 Å². The van der Waals surface area contributed by atoms with Gasteiger partial charge in [-0.05, 0) is 27.0 Å². The molecule has 2 atom stereocenters. The molecule has 21 heavy (non-hydrogen) atoms. The molecule has 0 radical (unpaired) electrons. The summed E-state index contributed by atoms with van der Waals surface area (Å²) in [5.41, 5.74) is -0.918. The van der Waals surface area contributed by atoms with E-state index in [1.807, 2.05) is 0 Å². The van der Waals surface area contributed by atoms with Crippen LogP contribution in [0.15, 0.2) is 24.3 Å². The number of non-ortho nitro benzene ring substituents is 1. The molecule has 0 heterocycles. The monoisotopic (exact) mass is 296 g/mol. The third-order valence-corrected chi connectivity index (χ3v) is 3.25. The Bertz CT molecular complexity index is 520. The first-order valence-electron chi connectivity index (χ1n) is 6.51. The van der Waals surface area contributed by atoms with Crippen LogP contribution in [0.5, 0.6) is 5.75 Å². The number of ether oxygens (including phenoxy) is 2. The van der Waals surface area contributed by atoms with E-state index in [9.17, 15) is 14.9 Å². The predicted octanol–water partition coefficient (Wildman–Crippen LogP) is 1.90. The molecule has 1 aromatic rings. The van der Waals surface area contributed by atoms with Gasteiger partial charge < -0.3 is 14.8 Å². The Morgan fingerprint density at radius 1 is 1.52 bits per heavy atom. The van der Waals surface area contributed by atoms with Crippen molar-refractivity contribution in [1.29, 1.82) is 0 Å². The van der Waals surface area contributed by atoms with E-state index in [-0.39, 0.29) is 17.8 Å². The van der Waals surface area contributed by atoms with Crippen molar-refractivity contribution in [2.24, 2.45) is 0 Å². The van der Waals surface area contributed by atoms with Crippen LogP contribution in [0.3, 0.4) is 0 Å². The molecule has 1 N–H and O–H groups in total. The van der Waals surface area contributed by atoms with Crippen LogP contribution in [0.4, 0.5) is 5.69 Å². The summed E-state index contributed by atoms with van der Waals surface area (Å²) in [6.07, 6.45) is 0.0299. The predicted molar refractivity (Wildman–Crippen MR) is 77.3 cm³/mol. The van der Waals surface area contributed by atoms with Crippen LogP contribution in [0.2, 0.25) is 0 Å². The average molecular weight is 296 g/mol. The number of rotatable bonds is 7. The maximum Gasteiger partial charge on any atom is 0.325 e. The topological polar surface area (TPSA) is 90.7 Å². The zero-order valence-corrected chi connectivity index (χ0v) is 12.6. The van der Waals surface area contributed by atoms with Gasteiger partial charge in [0.1, 0.15) is 11.3 Å². The van der Waals surface area contributed by atoms with Gasteiger partial charge in [0.15, 0.2) is 0 Å². The molecule has 0 aliphatic carbocycles. The summed E-state index contributed by atoms with van der Waals surface area (Å²) in [5, 5.41) is 13.6. The van der Waals surface area contributed by atoms with E-state index < -0.39 is 10.5 Å². The van der Waals surface area contributed by atoms with Gasteiger partial charge in [-0.3, -0.25) is 14.9 Å². The third kappa shape index (κ3) is 4.42. The van der Waals surface area contributed by atoms with Gasteiger partial charge in [0.05, 0.1) is 24.2 Å². The standard InChI is InChI=1S/C14H20N2O5/c1-10(9-14(2,15-3)13(17)20-4)21-12-7-5-6-11(8-12)16(18)19/h5-8,10,15H,9H2,1-4H3. The molecule has 0 aromatic heterocycles. The molecule has 2 unspecified atom stereocenters. The number of likely N-dealkylation sites (N-methyl/N-ethyl adjacent to an activating group) is 1. The molecule has 116 valence electrons. The van der Waals surface area contributed by atoms with Crippen LogP contribution < -0.4 is 10.1 Å². The molecule has 0 aliphatic heterocycles. The Kier molecular flexibility index (Phi) is 5.66. The number of nitrogens with one attached hydrogen (secondary N) is 1. The van der Waals surface area contributed by atoms with Gasteiger partial charge >= 0.3 is 5.97 Å². The van der Waals surface area contributed by atoms with E-state index in [4.69, 9.17) is 9.47 Å². The van der Waals surface area contributed by atoms with Crippen molar-refractivity contribution in [3.05, 3.63) is 34.4 Å². The Balaban J connectivity index is 2.77. The summed E-state index contributed by atoms with van der Waals surface area (Å²) in [6.45, 7) is 3.50. The van der Waals surface area contributed by atoms with Gasteiger partial charge in [-0.15, -0.1) is 0 Å². The Labute approximate surface area is 123 Å². The van der Waals surface area contributed by atoms with Gasteiger partial charge in [-0.1, -0.05) is 6.07 Å². The number of carbonyl (C=O) groups excluding carboxylic acids is 1. The highest BCUT2D eigenvalue weighted by molar-refractivity contribution is 5.80. The smallest absolute Gasteiger partial charge is 0.325 e. The summed E-state index contributed by atoms with van der Waals surface area (Å²) >= 11 is 0. The average Bonchev–Trinajstić information content (AvgIpc) is 2.46. The number of nitro groups is 1. The summed E-state index contributed by atoms with van der Waals surface area (Å²) < 4.78 is 10.4. The number of nitro benzene ring substituents is 1. The van der Waals surface area contributed by atoms with Gasteiger partial charge in [0.2, 0.25) is 0 Å². The molecule has 0 aliphatic rings. The quantitative estimate of drug-likeness (QED) is 0.469. The van der Waals surface area contributed by atoms with Gasteiger partial charge in [0, 0.05) is 12.5 Å². The van der Waals surface area contributed by atoms with E-state index in [0.717, 1.165) is 0 Å². The Morgan fingerprint density at radius 2 is 2.19 bits per heavy atom. The van der Waals surface area contributed by atoms with Crippen LogP contribution in [-0.2, 0) is 9.53 Å². The number of esters is 1. The largest absolute Gasteiger partial charge is 0.490 e. The van der Waals surface area contributed by atoms with Crippen molar-refractivity contribution in [3.8, 4) is 5.75 Å². The first-order valence-corrected chi connectivity index (χ1v) is 6.51. The zero-order chi connectivity index (χ0) is 16.0. The molecule has 7 heteroatoms. The lowest BCUT2D eigenvalue weighted by molar-refractivity contribution is -0.384. The Morgan fingerprint density at radius 3 is 2.71 bits per heavy atom. The molecule has 0 amide bonds. The molecule has 0 spiro atoms. The lowest BCUT2D eigenvalue weighted by Gasteiger charge is -2.29. The number of hydrogen-bond donors (Lipinski definition) is 1. The van der Waals surface area contributed by atoms with E-state index >= 15 is 0 Å². The normalized spacial score (nSPS) is 14.9. The molecule has 0 saturated carbocycles. The first kappa shape index (κ1) is 16.9. The number of nitrogens with zero attached hydrogens (tertiary/aromatic N) is 1. The van der Waals surface area contributed by atoms with Crippen LogP contribution >= 0.6 is 0 Å². The lowest BCUT2D eigenvalue weighted by Crippen LogP contribution is -2.50. The molecule has 1 rings (SSSR count). The minimum absolute atomic E-state index is 0.0379. The molecule has 0 bridgehead atoms. The number of benzene rings is 1. The fourth-order valence-electron chi connectivity index (χ4n) is 2.03. The van der Waals surface area contributed by atoms with Crippen LogP contribution in [-0.4, -0.2) is 36.7 Å². The second-order valence-electron chi connectivity index (χ2n) is 4.96. The van der Waals surface area contributed by atoms with Crippen LogP contribution in [0, 0.1) is 10.1 Å². The summed E-state index contributed by atoms with van der Waals surface area (Å²) in [4.78, 5) is 22.0. The SMILES string of the molecule is CNC(C)(CC(C)Oc1cccc([N+](=O)[O-])c1)C(=O)OC. The molecule has 1 aromatic carbocycles. The zero-order valence-electron chi connectivity index (χ0n) is 12.6. The fraction of sp³-hybridized carbons (Fsp3) is 0.500. The maximum absolute atomic E-state index is 11.8. The van der Waals surface area contributed by atoms with Crippen molar-refractivity contribution in [3.63, 3.8) is 0 Å².